The van der Waals surface area contributed by atoms with E-state index in [1.807, 2.05) is 36.1 Å². The Bertz CT molecular complexity index is 512. The van der Waals surface area contributed by atoms with E-state index >= 15 is 0 Å². The number of hydrogen-bond acceptors (Lipinski definition) is 3. The largest absolute Gasteiger partial charge is 0.338 e. The van der Waals surface area contributed by atoms with Crippen molar-refractivity contribution < 1.29 is 0 Å². The van der Waals surface area contributed by atoms with Crippen molar-refractivity contribution in [3.8, 4) is 0 Å². The Morgan fingerprint density at radius 3 is 3.00 bits per heavy atom. The highest BCUT2D eigenvalue weighted by Gasteiger charge is 2.08. The molecule has 0 bridgehead atoms. The minimum atomic E-state index is 0.120. The molecule has 1 unspecified atom stereocenters. The highest BCUT2D eigenvalue weighted by atomic mass is 79.9. The first-order valence-corrected chi connectivity index (χ1v) is 7.53. The van der Waals surface area contributed by atoms with Gasteiger partial charge in [-0.15, -0.1) is 11.8 Å². The highest BCUT2D eigenvalue weighted by molar-refractivity contribution is 9.10. The summed E-state index contributed by atoms with van der Waals surface area (Å²) in [7, 11) is 2.00. The first kappa shape index (κ1) is 13.6. The van der Waals surface area contributed by atoms with Gasteiger partial charge in [-0.2, -0.15) is 0 Å². The van der Waals surface area contributed by atoms with Gasteiger partial charge in [0.05, 0.1) is 0 Å². The zero-order valence-corrected chi connectivity index (χ0v) is 12.6. The number of thioether (sulfide) groups is 1. The number of aryl methyl sites for hydroxylation is 1. The third kappa shape index (κ3) is 3.86. The van der Waals surface area contributed by atoms with Crippen LogP contribution in [0.25, 0.3) is 0 Å². The fourth-order valence-corrected chi connectivity index (χ4v) is 3.11. The Morgan fingerprint density at radius 2 is 2.33 bits per heavy atom. The maximum absolute atomic E-state index is 6.13. The maximum atomic E-state index is 6.13. The van der Waals surface area contributed by atoms with E-state index in [1.54, 1.807) is 11.8 Å². The van der Waals surface area contributed by atoms with Gasteiger partial charge >= 0.3 is 0 Å². The molecular weight excluding hydrogens is 310 g/mol. The van der Waals surface area contributed by atoms with Crippen molar-refractivity contribution in [1.29, 1.82) is 0 Å². The second-order valence-corrected chi connectivity index (χ2v) is 6.20. The zero-order valence-electron chi connectivity index (χ0n) is 10.2. The third-order valence-corrected chi connectivity index (χ3v) is 4.30. The number of aromatic nitrogens is 2. The molecule has 0 aliphatic heterocycles. The minimum Gasteiger partial charge on any atom is -0.338 e. The third-order valence-electron chi connectivity index (χ3n) is 2.63. The van der Waals surface area contributed by atoms with Crippen molar-refractivity contribution in [1.82, 2.24) is 9.55 Å². The molecule has 0 saturated carbocycles. The van der Waals surface area contributed by atoms with Gasteiger partial charge in [-0.3, -0.25) is 0 Å². The summed E-state index contributed by atoms with van der Waals surface area (Å²) in [6.45, 7) is 0. The van der Waals surface area contributed by atoms with E-state index in [1.165, 1.54) is 4.90 Å². The van der Waals surface area contributed by atoms with Crippen LogP contribution in [0.1, 0.15) is 5.82 Å². The van der Waals surface area contributed by atoms with Crippen LogP contribution < -0.4 is 5.73 Å². The van der Waals surface area contributed by atoms with Gasteiger partial charge in [-0.05, 0) is 18.2 Å². The number of nitrogens with zero attached hydrogens (tertiary/aromatic N) is 2. The Balaban J connectivity index is 1.85. The van der Waals surface area contributed by atoms with E-state index in [9.17, 15) is 0 Å². The fourth-order valence-electron chi connectivity index (χ4n) is 1.65. The van der Waals surface area contributed by atoms with E-state index in [2.05, 4.69) is 33.0 Å². The van der Waals surface area contributed by atoms with Crippen LogP contribution in [0.5, 0.6) is 0 Å². The number of benzene rings is 1. The van der Waals surface area contributed by atoms with E-state index in [0.717, 1.165) is 22.5 Å². The monoisotopic (exact) mass is 325 g/mol. The van der Waals surface area contributed by atoms with Crippen LogP contribution in [0.4, 0.5) is 0 Å². The van der Waals surface area contributed by atoms with Gasteiger partial charge in [-0.1, -0.05) is 22.0 Å². The van der Waals surface area contributed by atoms with Crippen LogP contribution in [0.15, 0.2) is 46.0 Å². The molecule has 96 valence electrons. The molecule has 2 rings (SSSR count). The SMILES string of the molecule is Cn1ccnc1CC(N)CSc1cccc(Br)c1. The molecule has 2 aromatic rings. The van der Waals surface area contributed by atoms with Gasteiger partial charge in [0.15, 0.2) is 0 Å². The summed E-state index contributed by atoms with van der Waals surface area (Å²) < 4.78 is 3.12. The smallest absolute Gasteiger partial charge is 0.109 e. The first-order chi connectivity index (χ1) is 8.65. The van der Waals surface area contributed by atoms with Gasteiger partial charge in [0, 0.05) is 47.0 Å². The standard InChI is InChI=1S/C13H16BrN3S/c1-17-6-5-16-13(17)8-11(15)9-18-12-4-2-3-10(14)7-12/h2-7,11H,8-9,15H2,1H3. The summed E-state index contributed by atoms with van der Waals surface area (Å²) in [5, 5.41) is 0. The van der Waals surface area contributed by atoms with E-state index in [-0.39, 0.29) is 6.04 Å². The van der Waals surface area contributed by atoms with Crippen molar-refractivity contribution >= 4 is 27.7 Å². The summed E-state index contributed by atoms with van der Waals surface area (Å²) in [6, 6.07) is 8.39. The summed E-state index contributed by atoms with van der Waals surface area (Å²) in [4.78, 5) is 5.53. The lowest BCUT2D eigenvalue weighted by molar-refractivity contribution is 0.679. The summed E-state index contributed by atoms with van der Waals surface area (Å²) >= 11 is 5.25. The van der Waals surface area contributed by atoms with Gasteiger partial charge in [0.2, 0.25) is 0 Å². The Hall–Kier alpha value is -0.780. The summed E-state index contributed by atoms with van der Waals surface area (Å²) in [5.74, 6) is 1.93. The van der Waals surface area contributed by atoms with Crippen LogP contribution in [0.2, 0.25) is 0 Å². The number of halogens is 1. The Kier molecular flexibility index (Phi) is 4.86. The lowest BCUT2D eigenvalue weighted by Gasteiger charge is -2.11. The van der Waals surface area contributed by atoms with E-state index in [0.29, 0.717) is 0 Å². The maximum Gasteiger partial charge on any atom is 0.109 e. The molecular formula is C13H16BrN3S. The first-order valence-electron chi connectivity index (χ1n) is 5.75. The van der Waals surface area contributed by atoms with Crippen LogP contribution >= 0.6 is 27.7 Å². The van der Waals surface area contributed by atoms with Crippen molar-refractivity contribution in [2.75, 3.05) is 5.75 Å². The molecule has 0 aliphatic carbocycles. The fraction of sp³-hybridized carbons (Fsp3) is 0.308. The van der Waals surface area contributed by atoms with E-state index < -0.39 is 0 Å². The molecule has 2 N–H and O–H groups in total. The molecule has 1 aromatic carbocycles. The summed E-state index contributed by atoms with van der Waals surface area (Å²) in [5.41, 5.74) is 6.13. The molecule has 3 nitrogen and oxygen atoms in total. The number of imidazole rings is 1. The van der Waals surface area contributed by atoms with Crippen molar-refractivity contribution in [2.24, 2.45) is 12.8 Å². The quantitative estimate of drug-likeness (QED) is 0.860. The molecule has 0 aliphatic rings. The lowest BCUT2D eigenvalue weighted by Crippen LogP contribution is -2.26. The molecule has 5 heteroatoms. The van der Waals surface area contributed by atoms with E-state index in [4.69, 9.17) is 5.73 Å². The Morgan fingerprint density at radius 1 is 1.50 bits per heavy atom. The highest BCUT2D eigenvalue weighted by Crippen LogP contribution is 2.22. The van der Waals surface area contributed by atoms with Gasteiger partial charge in [0.1, 0.15) is 5.82 Å². The molecule has 0 fully saturated rings. The normalized spacial score (nSPS) is 12.6. The molecule has 1 aromatic heterocycles. The van der Waals surface area contributed by atoms with Crippen LogP contribution in [0.3, 0.4) is 0 Å². The average molecular weight is 326 g/mol. The predicted molar refractivity (Wildman–Crippen MR) is 79.8 cm³/mol. The van der Waals surface area contributed by atoms with Crippen molar-refractivity contribution in [3.63, 3.8) is 0 Å². The number of rotatable bonds is 5. The minimum absolute atomic E-state index is 0.120. The number of nitrogens with two attached hydrogens (primary N) is 1. The average Bonchev–Trinajstić information content (AvgIpc) is 2.73. The van der Waals surface area contributed by atoms with Crippen LogP contribution in [-0.2, 0) is 13.5 Å². The molecule has 18 heavy (non-hydrogen) atoms. The molecule has 0 spiro atoms. The predicted octanol–water partition coefficient (Wildman–Crippen LogP) is 2.84. The van der Waals surface area contributed by atoms with Crippen molar-refractivity contribution in [3.05, 3.63) is 47.0 Å². The van der Waals surface area contributed by atoms with Gasteiger partial charge < -0.3 is 10.3 Å². The van der Waals surface area contributed by atoms with Crippen molar-refractivity contribution in [2.45, 2.75) is 17.4 Å². The van der Waals surface area contributed by atoms with Gasteiger partial charge in [-0.25, -0.2) is 4.98 Å². The van der Waals surface area contributed by atoms with Gasteiger partial charge in [0.25, 0.3) is 0 Å². The Labute approximate surface area is 120 Å². The molecule has 0 saturated heterocycles. The topological polar surface area (TPSA) is 43.8 Å². The molecule has 0 amide bonds. The lowest BCUT2D eigenvalue weighted by atomic mass is 10.2. The van der Waals surface area contributed by atoms with Crippen LogP contribution in [0, 0.1) is 0 Å². The molecule has 1 heterocycles. The number of hydrogen-bond donors (Lipinski definition) is 1. The second kappa shape index (κ2) is 6.41. The molecule has 1 atom stereocenters. The second-order valence-electron chi connectivity index (χ2n) is 4.19. The zero-order chi connectivity index (χ0) is 13.0. The molecule has 0 radical (unpaired) electrons. The summed E-state index contributed by atoms with van der Waals surface area (Å²) in [6.07, 6.45) is 4.57. The van der Waals surface area contributed by atoms with Crippen LogP contribution in [-0.4, -0.2) is 21.3 Å².